The molecule has 1 aromatic heterocycles. The van der Waals surface area contributed by atoms with Crippen LogP contribution in [0.5, 0.6) is 0 Å². The molecule has 0 aromatic carbocycles. The molecule has 1 aromatic rings. The molecule has 1 aliphatic heterocycles. The molecule has 0 radical (unpaired) electrons. The predicted molar refractivity (Wildman–Crippen MR) is 81.1 cm³/mol. The van der Waals surface area contributed by atoms with Gasteiger partial charge in [0.05, 0.1) is 25.8 Å². The summed E-state index contributed by atoms with van der Waals surface area (Å²) >= 11 is 0. The van der Waals surface area contributed by atoms with Crippen LogP contribution in [0.3, 0.4) is 0 Å². The minimum atomic E-state index is 0. The van der Waals surface area contributed by atoms with Gasteiger partial charge in [0.15, 0.2) is 5.96 Å². The van der Waals surface area contributed by atoms with E-state index in [9.17, 15) is 0 Å². The molecular formula is C11H20IN5O. The first-order chi connectivity index (χ1) is 8.25. The van der Waals surface area contributed by atoms with E-state index in [0.29, 0.717) is 12.5 Å². The van der Waals surface area contributed by atoms with Crippen LogP contribution < -0.4 is 5.73 Å². The smallest absolute Gasteiger partial charge is 0.191 e. The van der Waals surface area contributed by atoms with Crippen LogP contribution in [-0.2, 0) is 11.3 Å². The Labute approximate surface area is 124 Å². The van der Waals surface area contributed by atoms with Gasteiger partial charge in [0.25, 0.3) is 0 Å². The van der Waals surface area contributed by atoms with Crippen molar-refractivity contribution in [2.75, 3.05) is 26.2 Å². The highest BCUT2D eigenvalue weighted by atomic mass is 127. The first kappa shape index (κ1) is 15.2. The zero-order valence-electron chi connectivity index (χ0n) is 10.5. The van der Waals surface area contributed by atoms with Gasteiger partial charge >= 0.3 is 0 Å². The van der Waals surface area contributed by atoms with E-state index in [1.165, 1.54) is 0 Å². The van der Waals surface area contributed by atoms with Gasteiger partial charge in [0, 0.05) is 25.5 Å². The number of hydrogen-bond acceptors (Lipinski definition) is 3. The molecule has 1 atom stereocenters. The summed E-state index contributed by atoms with van der Waals surface area (Å²) in [4.78, 5) is 6.43. The molecule has 102 valence electrons. The molecule has 0 amide bonds. The third-order valence-electron chi connectivity index (χ3n) is 2.73. The number of aliphatic imine (C=N–C) groups is 1. The van der Waals surface area contributed by atoms with Crippen LogP contribution in [0.2, 0.25) is 0 Å². The number of halogens is 1. The quantitative estimate of drug-likeness (QED) is 0.482. The third kappa shape index (κ3) is 4.45. The van der Waals surface area contributed by atoms with Gasteiger partial charge in [-0.2, -0.15) is 5.10 Å². The fourth-order valence-electron chi connectivity index (χ4n) is 1.83. The van der Waals surface area contributed by atoms with Crippen LogP contribution in [0.4, 0.5) is 0 Å². The average molecular weight is 365 g/mol. The first-order valence-corrected chi connectivity index (χ1v) is 5.89. The van der Waals surface area contributed by atoms with Crippen molar-refractivity contribution in [2.24, 2.45) is 10.7 Å². The van der Waals surface area contributed by atoms with Crippen molar-refractivity contribution in [3.05, 3.63) is 18.5 Å². The molecule has 1 unspecified atom stereocenters. The van der Waals surface area contributed by atoms with E-state index in [0.717, 1.165) is 26.2 Å². The number of hydrogen-bond donors (Lipinski definition) is 1. The van der Waals surface area contributed by atoms with Crippen molar-refractivity contribution in [1.29, 1.82) is 0 Å². The van der Waals surface area contributed by atoms with Gasteiger partial charge in [-0.25, -0.2) is 0 Å². The van der Waals surface area contributed by atoms with E-state index in [2.05, 4.69) is 15.0 Å². The van der Waals surface area contributed by atoms with Gasteiger partial charge in [-0.1, -0.05) is 0 Å². The second-order valence-corrected chi connectivity index (χ2v) is 4.14. The molecule has 1 fully saturated rings. The Hall–Kier alpha value is -0.830. The number of aromatic nitrogens is 2. The van der Waals surface area contributed by atoms with Gasteiger partial charge in [0.1, 0.15) is 0 Å². The molecule has 0 spiro atoms. The van der Waals surface area contributed by atoms with Crippen molar-refractivity contribution in [3.8, 4) is 0 Å². The molecular weight excluding hydrogens is 345 g/mol. The van der Waals surface area contributed by atoms with Crippen LogP contribution in [0, 0.1) is 0 Å². The molecule has 2 heterocycles. The summed E-state index contributed by atoms with van der Waals surface area (Å²) in [6, 6.07) is 1.90. The van der Waals surface area contributed by atoms with Gasteiger partial charge < -0.3 is 15.4 Å². The SMILES string of the molecule is CC1CN(C(N)=NCCn2cccn2)CCO1.I. The minimum Gasteiger partial charge on any atom is -0.375 e. The van der Waals surface area contributed by atoms with Crippen LogP contribution in [0.25, 0.3) is 0 Å². The summed E-state index contributed by atoms with van der Waals surface area (Å²) in [7, 11) is 0. The van der Waals surface area contributed by atoms with Gasteiger partial charge in [-0.15, -0.1) is 24.0 Å². The van der Waals surface area contributed by atoms with Crippen LogP contribution in [-0.4, -0.2) is 53.0 Å². The molecule has 18 heavy (non-hydrogen) atoms. The number of guanidine groups is 1. The second-order valence-electron chi connectivity index (χ2n) is 4.14. The lowest BCUT2D eigenvalue weighted by Gasteiger charge is -2.31. The molecule has 2 rings (SSSR count). The number of rotatable bonds is 3. The average Bonchev–Trinajstić information content (AvgIpc) is 2.82. The van der Waals surface area contributed by atoms with Crippen molar-refractivity contribution in [2.45, 2.75) is 19.6 Å². The highest BCUT2D eigenvalue weighted by Gasteiger charge is 2.17. The summed E-state index contributed by atoms with van der Waals surface area (Å²) in [6.45, 7) is 5.81. The zero-order chi connectivity index (χ0) is 12.1. The van der Waals surface area contributed by atoms with E-state index >= 15 is 0 Å². The zero-order valence-corrected chi connectivity index (χ0v) is 12.9. The molecule has 1 saturated heterocycles. The van der Waals surface area contributed by atoms with Crippen LogP contribution in [0.1, 0.15) is 6.92 Å². The first-order valence-electron chi connectivity index (χ1n) is 5.89. The lowest BCUT2D eigenvalue weighted by molar-refractivity contribution is 0.00529. The summed E-state index contributed by atoms with van der Waals surface area (Å²) < 4.78 is 7.30. The molecule has 0 saturated carbocycles. The maximum atomic E-state index is 5.94. The maximum Gasteiger partial charge on any atom is 0.191 e. The summed E-state index contributed by atoms with van der Waals surface area (Å²) in [5.74, 6) is 0.604. The Morgan fingerprint density at radius 1 is 1.61 bits per heavy atom. The predicted octanol–water partition coefficient (Wildman–Crippen LogP) is 0.536. The normalized spacial score (nSPS) is 20.6. The Bertz CT molecular complexity index is 368. The van der Waals surface area contributed by atoms with E-state index in [-0.39, 0.29) is 30.1 Å². The van der Waals surface area contributed by atoms with Crippen LogP contribution >= 0.6 is 24.0 Å². The highest BCUT2D eigenvalue weighted by Crippen LogP contribution is 2.03. The minimum absolute atomic E-state index is 0. The molecule has 2 N–H and O–H groups in total. The molecule has 6 nitrogen and oxygen atoms in total. The topological polar surface area (TPSA) is 68.7 Å². The number of nitrogens with two attached hydrogens (primary N) is 1. The Balaban J connectivity index is 0.00000162. The molecule has 1 aliphatic rings. The molecule has 0 bridgehead atoms. The standard InChI is InChI=1S/C11H19N5O.HI/c1-10-9-15(7-8-17-10)11(12)13-4-6-16-5-2-3-14-16;/h2-3,5,10H,4,6-9H2,1H3,(H2,12,13);1H. The second kappa shape index (κ2) is 7.57. The molecule has 0 aliphatic carbocycles. The third-order valence-corrected chi connectivity index (χ3v) is 2.73. The van der Waals surface area contributed by atoms with Gasteiger partial charge in [-0.05, 0) is 13.0 Å². The fourth-order valence-corrected chi connectivity index (χ4v) is 1.83. The van der Waals surface area contributed by atoms with Gasteiger partial charge in [0.2, 0.25) is 0 Å². The van der Waals surface area contributed by atoms with Gasteiger partial charge in [-0.3, -0.25) is 9.67 Å². The summed E-state index contributed by atoms with van der Waals surface area (Å²) in [5.41, 5.74) is 5.94. The van der Waals surface area contributed by atoms with Crippen LogP contribution in [0.15, 0.2) is 23.5 Å². The lowest BCUT2D eigenvalue weighted by atomic mass is 10.3. The maximum absolute atomic E-state index is 5.94. The van der Waals surface area contributed by atoms with E-state index < -0.39 is 0 Å². The van der Waals surface area contributed by atoms with Crippen molar-refractivity contribution in [1.82, 2.24) is 14.7 Å². The van der Waals surface area contributed by atoms with E-state index in [1.807, 2.05) is 23.9 Å². The number of nitrogens with zero attached hydrogens (tertiary/aromatic N) is 4. The summed E-state index contributed by atoms with van der Waals surface area (Å²) in [6.07, 6.45) is 3.91. The number of morpholine rings is 1. The van der Waals surface area contributed by atoms with Crippen molar-refractivity contribution >= 4 is 29.9 Å². The Kier molecular flexibility index (Phi) is 6.41. The summed E-state index contributed by atoms with van der Waals surface area (Å²) in [5, 5.41) is 4.11. The fraction of sp³-hybridized carbons (Fsp3) is 0.636. The monoisotopic (exact) mass is 365 g/mol. The molecule has 7 heteroatoms. The van der Waals surface area contributed by atoms with Crippen molar-refractivity contribution in [3.63, 3.8) is 0 Å². The van der Waals surface area contributed by atoms with E-state index in [4.69, 9.17) is 10.5 Å². The number of ether oxygens (including phenoxy) is 1. The Morgan fingerprint density at radius 2 is 2.44 bits per heavy atom. The Morgan fingerprint density at radius 3 is 3.11 bits per heavy atom. The largest absolute Gasteiger partial charge is 0.375 e. The van der Waals surface area contributed by atoms with Crippen molar-refractivity contribution < 1.29 is 4.74 Å². The lowest BCUT2D eigenvalue weighted by Crippen LogP contribution is -2.48. The van der Waals surface area contributed by atoms with E-state index in [1.54, 1.807) is 6.20 Å². The highest BCUT2D eigenvalue weighted by molar-refractivity contribution is 14.0.